The van der Waals surface area contributed by atoms with Crippen molar-refractivity contribution in [3.8, 4) is 0 Å². The average molecular weight is 130 g/mol. The molecule has 1 saturated heterocycles. The number of hydrogen-bond acceptors (Lipinski definition) is 3. The van der Waals surface area contributed by atoms with Crippen LogP contribution in [0.2, 0.25) is 0 Å². The number of nitrogens with one attached hydrogen (secondary N) is 2. The summed E-state index contributed by atoms with van der Waals surface area (Å²) >= 11 is 0. The molecule has 2 atom stereocenters. The molecule has 3 nitrogen and oxygen atoms in total. The van der Waals surface area contributed by atoms with Gasteiger partial charge in [0.2, 0.25) is 0 Å². The van der Waals surface area contributed by atoms with Gasteiger partial charge in [0.05, 0.1) is 6.10 Å². The predicted molar refractivity (Wildman–Crippen MR) is 36.3 cm³/mol. The molecule has 1 aliphatic heterocycles. The zero-order chi connectivity index (χ0) is 6.69. The maximum atomic E-state index is 9.04. The number of aliphatic hydroxyl groups excluding tert-OH is 1. The fourth-order valence-electron chi connectivity index (χ4n) is 1.20. The first-order valence-corrected chi connectivity index (χ1v) is 3.39. The second-order valence-electron chi connectivity index (χ2n) is 2.55. The van der Waals surface area contributed by atoms with Crippen molar-refractivity contribution in [3.63, 3.8) is 0 Å². The van der Waals surface area contributed by atoms with Gasteiger partial charge < -0.3 is 15.7 Å². The molecule has 1 aliphatic rings. The first-order valence-electron chi connectivity index (χ1n) is 3.39. The molecule has 0 aliphatic carbocycles. The SMILES string of the molecule is CNCC1CC(O)CN1. The molecule has 1 rings (SSSR count). The van der Waals surface area contributed by atoms with E-state index in [4.69, 9.17) is 5.11 Å². The highest BCUT2D eigenvalue weighted by molar-refractivity contribution is 4.81. The van der Waals surface area contributed by atoms with E-state index in [1.54, 1.807) is 0 Å². The van der Waals surface area contributed by atoms with Crippen molar-refractivity contribution in [2.75, 3.05) is 20.1 Å². The molecule has 54 valence electrons. The van der Waals surface area contributed by atoms with E-state index in [-0.39, 0.29) is 6.10 Å². The van der Waals surface area contributed by atoms with Crippen molar-refractivity contribution in [2.45, 2.75) is 18.6 Å². The Morgan fingerprint density at radius 1 is 1.78 bits per heavy atom. The Kier molecular flexibility index (Phi) is 2.45. The van der Waals surface area contributed by atoms with E-state index in [2.05, 4.69) is 10.6 Å². The lowest BCUT2D eigenvalue weighted by molar-refractivity contribution is 0.193. The van der Waals surface area contributed by atoms with Gasteiger partial charge in [-0.25, -0.2) is 0 Å². The van der Waals surface area contributed by atoms with E-state index in [1.807, 2.05) is 7.05 Å². The van der Waals surface area contributed by atoms with E-state index in [0.717, 1.165) is 19.5 Å². The summed E-state index contributed by atoms with van der Waals surface area (Å²) in [5.41, 5.74) is 0. The lowest BCUT2D eigenvalue weighted by atomic mass is 10.2. The minimum absolute atomic E-state index is 0.122. The summed E-state index contributed by atoms with van der Waals surface area (Å²) in [5, 5.41) is 15.3. The molecule has 0 radical (unpaired) electrons. The Bertz CT molecular complexity index is 85.1. The summed E-state index contributed by atoms with van der Waals surface area (Å²) in [6, 6.07) is 0.477. The number of likely N-dealkylation sites (N-methyl/N-ethyl adjacent to an activating group) is 1. The molecule has 0 spiro atoms. The Morgan fingerprint density at radius 3 is 3.00 bits per heavy atom. The molecule has 0 aromatic heterocycles. The number of rotatable bonds is 2. The Hall–Kier alpha value is -0.120. The second kappa shape index (κ2) is 3.15. The molecular formula is C6H14N2O. The van der Waals surface area contributed by atoms with Crippen LogP contribution in [0.15, 0.2) is 0 Å². The van der Waals surface area contributed by atoms with Crippen molar-refractivity contribution in [3.05, 3.63) is 0 Å². The summed E-state index contributed by atoms with van der Waals surface area (Å²) in [6.07, 6.45) is 0.768. The molecule has 1 fully saturated rings. The molecular weight excluding hydrogens is 116 g/mol. The summed E-state index contributed by atoms with van der Waals surface area (Å²) in [6.45, 7) is 1.71. The largest absolute Gasteiger partial charge is 0.392 e. The molecule has 3 heteroatoms. The van der Waals surface area contributed by atoms with Crippen LogP contribution in [0.4, 0.5) is 0 Å². The molecule has 0 aromatic rings. The highest BCUT2D eigenvalue weighted by atomic mass is 16.3. The maximum Gasteiger partial charge on any atom is 0.0680 e. The number of hydrogen-bond donors (Lipinski definition) is 3. The Balaban J connectivity index is 2.14. The minimum atomic E-state index is -0.122. The maximum absolute atomic E-state index is 9.04. The van der Waals surface area contributed by atoms with Crippen LogP contribution in [0.25, 0.3) is 0 Å². The summed E-state index contributed by atoms with van der Waals surface area (Å²) in [5.74, 6) is 0. The van der Waals surface area contributed by atoms with E-state index < -0.39 is 0 Å². The Morgan fingerprint density at radius 2 is 2.56 bits per heavy atom. The van der Waals surface area contributed by atoms with Crippen LogP contribution in [0, 0.1) is 0 Å². The van der Waals surface area contributed by atoms with Gasteiger partial charge in [0.15, 0.2) is 0 Å². The van der Waals surface area contributed by atoms with Gasteiger partial charge >= 0.3 is 0 Å². The molecule has 0 amide bonds. The van der Waals surface area contributed by atoms with Crippen molar-refractivity contribution in [1.82, 2.24) is 10.6 Å². The molecule has 2 unspecified atom stereocenters. The third-order valence-electron chi connectivity index (χ3n) is 1.65. The van der Waals surface area contributed by atoms with E-state index in [1.165, 1.54) is 0 Å². The van der Waals surface area contributed by atoms with E-state index in [9.17, 15) is 0 Å². The fourth-order valence-corrected chi connectivity index (χ4v) is 1.20. The summed E-state index contributed by atoms with van der Waals surface area (Å²) in [4.78, 5) is 0. The first kappa shape index (κ1) is 6.99. The summed E-state index contributed by atoms with van der Waals surface area (Å²) in [7, 11) is 1.92. The zero-order valence-electron chi connectivity index (χ0n) is 5.72. The van der Waals surface area contributed by atoms with Crippen molar-refractivity contribution in [2.24, 2.45) is 0 Å². The van der Waals surface area contributed by atoms with Gasteiger partial charge in [0.25, 0.3) is 0 Å². The fraction of sp³-hybridized carbons (Fsp3) is 1.00. The van der Waals surface area contributed by atoms with Crippen LogP contribution in [-0.4, -0.2) is 37.4 Å². The van der Waals surface area contributed by atoms with Gasteiger partial charge in [-0.1, -0.05) is 0 Å². The Labute approximate surface area is 55.5 Å². The predicted octanol–water partition coefficient (Wildman–Crippen LogP) is -1.07. The standard InChI is InChI=1S/C6H14N2O/c1-7-3-5-2-6(9)4-8-5/h5-9H,2-4H2,1H3. The highest BCUT2D eigenvalue weighted by Gasteiger charge is 2.20. The van der Waals surface area contributed by atoms with Gasteiger partial charge in [-0.05, 0) is 13.5 Å². The molecule has 0 saturated carbocycles. The number of aliphatic hydroxyl groups is 1. The lowest BCUT2D eigenvalue weighted by Crippen LogP contribution is -2.31. The van der Waals surface area contributed by atoms with Gasteiger partial charge in [-0.15, -0.1) is 0 Å². The molecule has 0 aromatic carbocycles. The molecule has 0 bridgehead atoms. The van der Waals surface area contributed by atoms with Gasteiger partial charge in [-0.2, -0.15) is 0 Å². The van der Waals surface area contributed by atoms with E-state index >= 15 is 0 Å². The first-order chi connectivity index (χ1) is 4.33. The zero-order valence-corrected chi connectivity index (χ0v) is 5.72. The van der Waals surface area contributed by atoms with Crippen LogP contribution >= 0.6 is 0 Å². The lowest BCUT2D eigenvalue weighted by Gasteiger charge is -2.06. The molecule has 3 N–H and O–H groups in total. The normalized spacial score (nSPS) is 35.3. The van der Waals surface area contributed by atoms with Crippen LogP contribution in [0.3, 0.4) is 0 Å². The summed E-state index contributed by atoms with van der Waals surface area (Å²) < 4.78 is 0. The smallest absolute Gasteiger partial charge is 0.0680 e. The van der Waals surface area contributed by atoms with Crippen LogP contribution in [-0.2, 0) is 0 Å². The highest BCUT2D eigenvalue weighted by Crippen LogP contribution is 2.03. The van der Waals surface area contributed by atoms with E-state index in [0.29, 0.717) is 6.04 Å². The second-order valence-corrected chi connectivity index (χ2v) is 2.55. The minimum Gasteiger partial charge on any atom is -0.392 e. The van der Waals surface area contributed by atoms with Crippen molar-refractivity contribution in [1.29, 1.82) is 0 Å². The number of β-amino-alcohol motifs (C(OH)–C–C–N with tert-alkyl or cyclic N) is 1. The van der Waals surface area contributed by atoms with Gasteiger partial charge in [0, 0.05) is 19.1 Å². The van der Waals surface area contributed by atoms with Crippen molar-refractivity contribution < 1.29 is 5.11 Å². The molecule has 9 heavy (non-hydrogen) atoms. The van der Waals surface area contributed by atoms with Crippen LogP contribution in [0.1, 0.15) is 6.42 Å². The molecule has 1 heterocycles. The quantitative estimate of drug-likeness (QED) is 0.446. The van der Waals surface area contributed by atoms with Gasteiger partial charge in [-0.3, -0.25) is 0 Å². The topological polar surface area (TPSA) is 44.3 Å². The third kappa shape index (κ3) is 1.93. The van der Waals surface area contributed by atoms with Gasteiger partial charge in [0.1, 0.15) is 0 Å². The average Bonchev–Trinajstić information content (AvgIpc) is 2.17. The van der Waals surface area contributed by atoms with Crippen LogP contribution in [0.5, 0.6) is 0 Å². The van der Waals surface area contributed by atoms with Crippen molar-refractivity contribution >= 4 is 0 Å². The monoisotopic (exact) mass is 130 g/mol. The third-order valence-corrected chi connectivity index (χ3v) is 1.65. The van der Waals surface area contributed by atoms with Crippen LogP contribution < -0.4 is 10.6 Å².